The third-order valence-electron chi connectivity index (χ3n) is 2.75. The molecule has 116 valence electrons. The SMILES string of the molecule is CCNc1cn2ccnc2c(N(CCO)CC(F)(F)F)n1. The van der Waals surface area contributed by atoms with Crippen LogP contribution in [0.2, 0.25) is 0 Å². The molecule has 0 aromatic carbocycles. The summed E-state index contributed by atoms with van der Waals surface area (Å²) in [5.41, 5.74) is 0.314. The van der Waals surface area contributed by atoms with Crippen LogP contribution in [0.25, 0.3) is 5.65 Å². The van der Waals surface area contributed by atoms with E-state index in [9.17, 15) is 13.2 Å². The summed E-state index contributed by atoms with van der Waals surface area (Å²) in [5.74, 6) is 0.535. The van der Waals surface area contributed by atoms with Gasteiger partial charge in [0.2, 0.25) is 0 Å². The van der Waals surface area contributed by atoms with Gasteiger partial charge in [0.1, 0.15) is 12.4 Å². The van der Waals surface area contributed by atoms with Crippen molar-refractivity contribution >= 4 is 17.3 Å². The van der Waals surface area contributed by atoms with Crippen LogP contribution in [0.3, 0.4) is 0 Å². The van der Waals surface area contributed by atoms with Crippen molar-refractivity contribution in [2.24, 2.45) is 0 Å². The Labute approximate surface area is 119 Å². The monoisotopic (exact) mass is 303 g/mol. The molecule has 2 N–H and O–H groups in total. The molecule has 0 atom stereocenters. The van der Waals surface area contributed by atoms with E-state index in [0.717, 1.165) is 4.90 Å². The van der Waals surface area contributed by atoms with E-state index in [1.165, 1.54) is 6.20 Å². The van der Waals surface area contributed by atoms with E-state index in [1.54, 1.807) is 16.8 Å². The van der Waals surface area contributed by atoms with E-state index in [4.69, 9.17) is 5.11 Å². The van der Waals surface area contributed by atoms with Crippen molar-refractivity contribution in [3.8, 4) is 0 Å². The fourth-order valence-electron chi connectivity index (χ4n) is 1.99. The second-order valence-electron chi connectivity index (χ2n) is 4.40. The van der Waals surface area contributed by atoms with Crippen LogP contribution >= 0.6 is 0 Å². The van der Waals surface area contributed by atoms with Gasteiger partial charge in [0.15, 0.2) is 11.5 Å². The molecule has 0 spiro atoms. The Morgan fingerprint density at radius 2 is 2.19 bits per heavy atom. The lowest BCUT2D eigenvalue weighted by molar-refractivity contribution is -0.119. The predicted molar refractivity (Wildman–Crippen MR) is 72.5 cm³/mol. The van der Waals surface area contributed by atoms with Crippen molar-refractivity contribution in [3.05, 3.63) is 18.6 Å². The van der Waals surface area contributed by atoms with Crippen LogP contribution in [0.5, 0.6) is 0 Å². The van der Waals surface area contributed by atoms with Crippen LogP contribution in [-0.2, 0) is 0 Å². The number of rotatable bonds is 6. The number of aromatic nitrogens is 3. The molecule has 0 radical (unpaired) electrons. The van der Waals surface area contributed by atoms with Crippen LogP contribution in [0.1, 0.15) is 6.92 Å². The van der Waals surface area contributed by atoms with Gasteiger partial charge < -0.3 is 19.7 Å². The molecule has 0 aliphatic heterocycles. The summed E-state index contributed by atoms with van der Waals surface area (Å²) in [7, 11) is 0. The highest BCUT2D eigenvalue weighted by Gasteiger charge is 2.32. The lowest BCUT2D eigenvalue weighted by Crippen LogP contribution is -2.37. The van der Waals surface area contributed by atoms with Gasteiger partial charge in [-0.25, -0.2) is 9.97 Å². The molecule has 0 saturated carbocycles. The van der Waals surface area contributed by atoms with Gasteiger partial charge in [-0.15, -0.1) is 0 Å². The molecule has 6 nitrogen and oxygen atoms in total. The zero-order valence-corrected chi connectivity index (χ0v) is 11.4. The maximum absolute atomic E-state index is 12.7. The van der Waals surface area contributed by atoms with Crippen molar-refractivity contribution in [3.63, 3.8) is 0 Å². The molecule has 2 heterocycles. The predicted octanol–water partition coefficient (Wildman–Crippen LogP) is 1.52. The minimum absolute atomic E-state index is 0.0878. The number of fused-ring (bicyclic) bond motifs is 1. The number of alkyl halides is 3. The zero-order chi connectivity index (χ0) is 15.5. The molecular weight excluding hydrogens is 287 g/mol. The summed E-state index contributed by atoms with van der Waals surface area (Å²) in [5, 5.41) is 12.0. The Hall–Kier alpha value is -2.03. The number of anilines is 2. The summed E-state index contributed by atoms with van der Waals surface area (Å²) >= 11 is 0. The quantitative estimate of drug-likeness (QED) is 0.847. The van der Waals surface area contributed by atoms with Crippen LogP contribution in [0.4, 0.5) is 24.8 Å². The van der Waals surface area contributed by atoms with Crippen LogP contribution in [0, 0.1) is 0 Å². The van der Waals surface area contributed by atoms with Gasteiger partial charge in [0.25, 0.3) is 0 Å². The molecule has 0 aliphatic rings. The number of halogens is 3. The largest absolute Gasteiger partial charge is 0.405 e. The van der Waals surface area contributed by atoms with Crippen molar-refractivity contribution in [2.45, 2.75) is 13.1 Å². The number of nitrogens with zero attached hydrogens (tertiary/aromatic N) is 4. The average Bonchev–Trinajstić information content (AvgIpc) is 2.84. The third-order valence-corrected chi connectivity index (χ3v) is 2.75. The van der Waals surface area contributed by atoms with Crippen LogP contribution in [0.15, 0.2) is 18.6 Å². The van der Waals surface area contributed by atoms with Crippen molar-refractivity contribution in [1.82, 2.24) is 14.4 Å². The molecule has 0 unspecified atom stereocenters. The highest BCUT2D eigenvalue weighted by atomic mass is 19.4. The first kappa shape index (κ1) is 15.4. The summed E-state index contributed by atoms with van der Waals surface area (Å²) < 4.78 is 39.7. The fourth-order valence-corrected chi connectivity index (χ4v) is 1.99. The van der Waals surface area contributed by atoms with Crippen LogP contribution in [-0.4, -0.2) is 51.9 Å². The first-order chi connectivity index (χ1) is 9.94. The van der Waals surface area contributed by atoms with Gasteiger partial charge in [-0.2, -0.15) is 13.2 Å². The average molecular weight is 303 g/mol. The molecule has 21 heavy (non-hydrogen) atoms. The standard InChI is InChI=1S/C12H16F3N5O/c1-2-16-9-7-19-4-3-17-10(19)11(18-9)20(5-6-21)8-12(13,14)15/h3-4,7,16,21H,2,5-6,8H2,1H3. The second-order valence-corrected chi connectivity index (χ2v) is 4.40. The van der Waals surface area contributed by atoms with Crippen molar-refractivity contribution in [2.75, 3.05) is 36.5 Å². The van der Waals surface area contributed by atoms with Gasteiger partial charge in [0.05, 0.1) is 12.8 Å². The van der Waals surface area contributed by atoms with E-state index in [-0.39, 0.29) is 12.4 Å². The maximum Gasteiger partial charge on any atom is 0.405 e. The van der Waals surface area contributed by atoms with Crippen molar-refractivity contribution in [1.29, 1.82) is 0 Å². The molecule has 2 rings (SSSR count). The Balaban J connectivity index is 2.46. The summed E-state index contributed by atoms with van der Waals surface area (Å²) in [6.07, 6.45) is 0.377. The van der Waals surface area contributed by atoms with E-state index in [2.05, 4.69) is 15.3 Å². The zero-order valence-electron chi connectivity index (χ0n) is 11.4. The number of aliphatic hydroxyl groups excluding tert-OH is 1. The number of nitrogens with one attached hydrogen (secondary N) is 1. The summed E-state index contributed by atoms with van der Waals surface area (Å²) in [6, 6.07) is 0. The van der Waals surface area contributed by atoms with Gasteiger partial charge >= 0.3 is 6.18 Å². The first-order valence-corrected chi connectivity index (χ1v) is 6.44. The molecule has 0 aliphatic carbocycles. The lowest BCUT2D eigenvalue weighted by atomic mass is 10.4. The van der Waals surface area contributed by atoms with Gasteiger partial charge in [0, 0.05) is 25.5 Å². The number of imidazole rings is 1. The van der Waals surface area contributed by atoms with E-state index < -0.39 is 19.3 Å². The molecule has 9 heteroatoms. The first-order valence-electron chi connectivity index (χ1n) is 6.44. The molecule has 0 amide bonds. The van der Waals surface area contributed by atoms with Crippen LogP contribution < -0.4 is 10.2 Å². The minimum atomic E-state index is -4.39. The highest BCUT2D eigenvalue weighted by Crippen LogP contribution is 2.25. The molecular formula is C12H16F3N5O. The normalized spacial score (nSPS) is 11.9. The minimum Gasteiger partial charge on any atom is -0.395 e. The third kappa shape index (κ3) is 3.75. The second kappa shape index (κ2) is 6.17. The number of hydrogen-bond donors (Lipinski definition) is 2. The Morgan fingerprint density at radius 3 is 2.81 bits per heavy atom. The maximum atomic E-state index is 12.7. The van der Waals surface area contributed by atoms with Crippen molar-refractivity contribution < 1.29 is 18.3 Å². The molecule has 2 aromatic rings. The van der Waals surface area contributed by atoms with E-state index >= 15 is 0 Å². The molecule has 2 aromatic heterocycles. The van der Waals surface area contributed by atoms with E-state index in [0.29, 0.717) is 18.0 Å². The Kier molecular flexibility index (Phi) is 4.51. The highest BCUT2D eigenvalue weighted by molar-refractivity contribution is 5.67. The Bertz CT molecular complexity index is 598. The van der Waals surface area contributed by atoms with Gasteiger partial charge in [-0.3, -0.25) is 0 Å². The summed E-state index contributed by atoms with van der Waals surface area (Å²) in [4.78, 5) is 9.20. The number of aliphatic hydroxyl groups is 1. The van der Waals surface area contributed by atoms with E-state index in [1.807, 2.05) is 6.92 Å². The molecule has 0 saturated heterocycles. The lowest BCUT2D eigenvalue weighted by Gasteiger charge is -2.24. The van der Waals surface area contributed by atoms with Gasteiger partial charge in [-0.05, 0) is 6.92 Å². The Morgan fingerprint density at radius 1 is 1.43 bits per heavy atom. The summed E-state index contributed by atoms with van der Waals surface area (Å²) in [6.45, 7) is 0.673. The molecule has 0 bridgehead atoms. The molecule has 0 fully saturated rings. The fraction of sp³-hybridized carbons (Fsp3) is 0.500. The van der Waals surface area contributed by atoms with Gasteiger partial charge in [-0.1, -0.05) is 0 Å². The number of hydrogen-bond acceptors (Lipinski definition) is 5. The topological polar surface area (TPSA) is 65.7 Å². The smallest absolute Gasteiger partial charge is 0.395 e.